The summed E-state index contributed by atoms with van der Waals surface area (Å²) in [6.45, 7) is 1.91. The number of carboxylic acid groups (broad SMARTS) is 1. The molecule has 5 nitrogen and oxygen atoms in total. The van der Waals surface area contributed by atoms with Crippen molar-refractivity contribution in [2.24, 2.45) is 5.73 Å². The third-order valence-corrected chi connectivity index (χ3v) is 3.69. The first-order chi connectivity index (χ1) is 9.46. The van der Waals surface area contributed by atoms with Crippen LogP contribution in [0.25, 0.3) is 0 Å². The minimum atomic E-state index is -0.912. The fourth-order valence-electron chi connectivity index (χ4n) is 2.16. The first-order valence-corrected chi connectivity index (χ1v) is 6.71. The van der Waals surface area contributed by atoms with Crippen LogP contribution in [-0.2, 0) is 4.79 Å². The van der Waals surface area contributed by atoms with E-state index in [-0.39, 0.29) is 18.4 Å². The maximum atomic E-state index is 11.0. The van der Waals surface area contributed by atoms with Crippen molar-refractivity contribution in [1.82, 2.24) is 0 Å². The van der Waals surface area contributed by atoms with Crippen LogP contribution in [-0.4, -0.2) is 31.3 Å². The molecular weight excluding hydrogens is 282 g/mol. The third kappa shape index (κ3) is 3.55. The van der Waals surface area contributed by atoms with Gasteiger partial charge in [-0.1, -0.05) is 24.6 Å². The van der Waals surface area contributed by atoms with Gasteiger partial charge in [-0.3, -0.25) is 4.79 Å². The fourth-order valence-corrected chi connectivity index (χ4v) is 2.53. The van der Waals surface area contributed by atoms with E-state index in [0.717, 1.165) is 0 Å². The molecule has 112 valence electrons. The molecule has 20 heavy (non-hydrogen) atoms. The van der Waals surface area contributed by atoms with E-state index in [0.29, 0.717) is 28.5 Å². The number of nitrogens with two attached hydrogens (primary N) is 1. The lowest BCUT2D eigenvalue weighted by Gasteiger charge is -2.24. The van der Waals surface area contributed by atoms with Gasteiger partial charge in [-0.15, -0.1) is 0 Å². The fraction of sp³-hybridized carbons (Fsp3) is 0.500. The molecule has 1 rings (SSSR count). The average Bonchev–Trinajstić information content (AvgIpc) is 2.43. The Bertz CT molecular complexity index is 478. The van der Waals surface area contributed by atoms with Crippen LogP contribution in [0.15, 0.2) is 12.1 Å². The summed E-state index contributed by atoms with van der Waals surface area (Å²) in [6.07, 6.45) is 0.576. The van der Waals surface area contributed by atoms with Gasteiger partial charge in [0.1, 0.15) is 0 Å². The molecule has 0 bridgehead atoms. The zero-order chi connectivity index (χ0) is 15.3. The molecule has 0 saturated carbocycles. The van der Waals surface area contributed by atoms with Crippen LogP contribution in [0.3, 0.4) is 0 Å². The molecule has 0 amide bonds. The van der Waals surface area contributed by atoms with Gasteiger partial charge in [0.15, 0.2) is 11.5 Å². The third-order valence-electron chi connectivity index (χ3n) is 3.30. The predicted octanol–water partition coefficient (Wildman–Crippen LogP) is 2.65. The molecule has 0 aliphatic carbocycles. The molecule has 0 aromatic heterocycles. The van der Waals surface area contributed by atoms with Crippen molar-refractivity contribution in [2.45, 2.75) is 31.7 Å². The van der Waals surface area contributed by atoms with Crippen molar-refractivity contribution in [3.05, 3.63) is 22.7 Å². The molecule has 0 heterocycles. The summed E-state index contributed by atoms with van der Waals surface area (Å²) in [6, 6.07) is 3.16. The highest BCUT2D eigenvalue weighted by atomic mass is 35.5. The maximum Gasteiger partial charge on any atom is 0.304 e. The Balaban J connectivity index is 3.29. The number of aliphatic carboxylic acids is 1. The van der Waals surface area contributed by atoms with E-state index >= 15 is 0 Å². The topological polar surface area (TPSA) is 81.8 Å². The van der Waals surface area contributed by atoms with Crippen LogP contribution < -0.4 is 15.2 Å². The molecule has 0 aliphatic rings. The number of benzene rings is 1. The van der Waals surface area contributed by atoms with Crippen LogP contribution >= 0.6 is 11.6 Å². The summed E-state index contributed by atoms with van der Waals surface area (Å²) in [5, 5.41) is 9.40. The van der Waals surface area contributed by atoms with Crippen molar-refractivity contribution in [3.63, 3.8) is 0 Å². The molecule has 0 aliphatic heterocycles. The summed E-state index contributed by atoms with van der Waals surface area (Å²) in [4.78, 5) is 11.0. The zero-order valence-electron chi connectivity index (χ0n) is 11.9. The molecule has 3 N–H and O–H groups in total. The van der Waals surface area contributed by atoms with E-state index in [2.05, 4.69) is 0 Å². The monoisotopic (exact) mass is 301 g/mol. The van der Waals surface area contributed by atoms with Gasteiger partial charge < -0.3 is 20.3 Å². The van der Waals surface area contributed by atoms with Gasteiger partial charge in [0.05, 0.1) is 25.7 Å². The summed E-state index contributed by atoms with van der Waals surface area (Å²) in [5.74, 6) is -0.389. The number of carbonyl (C=O) groups is 1. The second-order valence-corrected chi connectivity index (χ2v) is 4.86. The molecule has 0 spiro atoms. The zero-order valence-corrected chi connectivity index (χ0v) is 12.6. The van der Waals surface area contributed by atoms with Crippen LogP contribution in [0, 0.1) is 0 Å². The van der Waals surface area contributed by atoms with Crippen molar-refractivity contribution in [2.75, 3.05) is 14.2 Å². The smallest absolute Gasteiger partial charge is 0.304 e. The molecular formula is C14H20ClNO4. The lowest BCUT2D eigenvalue weighted by Crippen LogP contribution is -2.29. The SMILES string of the molecule is CCC(N)C(CC(=O)O)c1ccc(OC)c(OC)c1Cl. The first-order valence-electron chi connectivity index (χ1n) is 6.33. The Kier molecular flexibility index (Phi) is 6.10. The molecule has 2 unspecified atom stereocenters. The van der Waals surface area contributed by atoms with Gasteiger partial charge >= 0.3 is 5.97 Å². The van der Waals surface area contributed by atoms with E-state index in [1.54, 1.807) is 12.1 Å². The Morgan fingerprint density at radius 3 is 2.50 bits per heavy atom. The highest BCUT2D eigenvalue weighted by molar-refractivity contribution is 6.33. The highest BCUT2D eigenvalue weighted by Gasteiger charge is 2.26. The number of rotatable bonds is 7. The average molecular weight is 302 g/mol. The molecule has 0 fully saturated rings. The Labute approximate surface area is 123 Å². The number of methoxy groups -OCH3 is 2. The largest absolute Gasteiger partial charge is 0.493 e. The van der Waals surface area contributed by atoms with Gasteiger partial charge in [0, 0.05) is 12.0 Å². The van der Waals surface area contributed by atoms with E-state index in [1.807, 2.05) is 6.92 Å². The van der Waals surface area contributed by atoms with E-state index in [9.17, 15) is 4.79 Å². The normalized spacial score (nSPS) is 13.7. The number of hydrogen-bond donors (Lipinski definition) is 2. The number of halogens is 1. The van der Waals surface area contributed by atoms with Crippen molar-refractivity contribution in [1.29, 1.82) is 0 Å². The summed E-state index contributed by atoms with van der Waals surface area (Å²) in [7, 11) is 3.00. The van der Waals surface area contributed by atoms with Crippen LogP contribution in [0.5, 0.6) is 11.5 Å². The highest BCUT2D eigenvalue weighted by Crippen LogP contribution is 2.41. The molecule has 0 radical (unpaired) electrons. The minimum absolute atomic E-state index is 0.0792. The van der Waals surface area contributed by atoms with Gasteiger partial charge in [0.2, 0.25) is 0 Å². The Morgan fingerprint density at radius 1 is 1.40 bits per heavy atom. The van der Waals surface area contributed by atoms with Crippen LogP contribution in [0.4, 0.5) is 0 Å². The van der Waals surface area contributed by atoms with E-state index in [4.69, 9.17) is 31.9 Å². The lowest BCUT2D eigenvalue weighted by molar-refractivity contribution is -0.137. The van der Waals surface area contributed by atoms with Gasteiger partial charge in [0.25, 0.3) is 0 Å². The Morgan fingerprint density at radius 2 is 2.05 bits per heavy atom. The summed E-state index contributed by atoms with van der Waals surface area (Å²) >= 11 is 6.32. The lowest BCUT2D eigenvalue weighted by atomic mass is 9.87. The van der Waals surface area contributed by atoms with Crippen LogP contribution in [0.2, 0.25) is 5.02 Å². The summed E-state index contributed by atoms with van der Waals surface area (Å²) in [5.41, 5.74) is 6.70. The first kappa shape index (κ1) is 16.6. The van der Waals surface area contributed by atoms with E-state index in [1.165, 1.54) is 14.2 Å². The van der Waals surface area contributed by atoms with Crippen molar-refractivity contribution in [3.8, 4) is 11.5 Å². The second kappa shape index (κ2) is 7.36. The minimum Gasteiger partial charge on any atom is -0.493 e. The molecule has 6 heteroatoms. The maximum absolute atomic E-state index is 11.0. The number of hydrogen-bond acceptors (Lipinski definition) is 4. The van der Waals surface area contributed by atoms with E-state index < -0.39 is 5.97 Å². The molecule has 0 saturated heterocycles. The number of ether oxygens (including phenoxy) is 2. The van der Waals surface area contributed by atoms with Crippen molar-refractivity contribution >= 4 is 17.6 Å². The van der Waals surface area contributed by atoms with Crippen molar-refractivity contribution < 1.29 is 19.4 Å². The molecule has 2 atom stereocenters. The second-order valence-electron chi connectivity index (χ2n) is 4.48. The molecule has 1 aromatic carbocycles. The Hall–Kier alpha value is -1.46. The van der Waals surface area contributed by atoms with Gasteiger partial charge in [-0.05, 0) is 18.1 Å². The van der Waals surface area contributed by atoms with Gasteiger partial charge in [-0.2, -0.15) is 0 Å². The van der Waals surface area contributed by atoms with Gasteiger partial charge in [-0.25, -0.2) is 0 Å². The summed E-state index contributed by atoms with van der Waals surface area (Å²) < 4.78 is 10.4. The predicted molar refractivity (Wildman–Crippen MR) is 77.8 cm³/mol. The number of carboxylic acids is 1. The standard InChI is InChI=1S/C14H20ClNO4/c1-4-10(16)9(7-12(17)18)8-5-6-11(19-2)14(20-3)13(8)15/h5-6,9-10H,4,7,16H2,1-3H3,(H,17,18). The molecule has 1 aromatic rings. The van der Waals surface area contributed by atoms with Crippen LogP contribution in [0.1, 0.15) is 31.2 Å². The quantitative estimate of drug-likeness (QED) is 0.809.